The minimum atomic E-state index is -0.139. The zero-order chi connectivity index (χ0) is 11.3. The molecule has 0 saturated heterocycles. The summed E-state index contributed by atoms with van der Waals surface area (Å²) < 4.78 is 14.5. The smallest absolute Gasteiger partial charge is 0.129 e. The first-order chi connectivity index (χ1) is 7.20. The summed E-state index contributed by atoms with van der Waals surface area (Å²) in [5.41, 5.74) is 0.744. The van der Waals surface area contributed by atoms with Crippen LogP contribution in [0.3, 0.4) is 0 Å². The topological polar surface area (TPSA) is 12.0 Å². The van der Waals surface area contributed by atoms with E-state index in [1.54, 1.807) is 6.07 Å². The number of halogens is 2. The van der Waals surface area contributed by atoms with E-state index in [1.165, 1.54) is 6.07 Å². The minimum Gasteiger partial charge on any atom is -0.313 e. The lowest BCUT2D eigenvalue weighted by atomic mass is 10.0. The normalized spacial score (nSPS) is 12.8. The van der Waals surface area contributed by atoms with Crippen LogP contribution in [0.1, 0.15) is 37.8 Å². The average Bonchev–Trinajstić information content (AvgIpc) is 2.22. The van der Waals surface area contributed by atoms with Crippen LogP contribution in [-0.2, 0) is 0 Å². The summed E-state index contributed by atoms with van der Waals surface area (Å²) in [6, 6.07) is 5.21. The largest absolute Gasteiger partial charge is 0.313 e. The van der Waals surface area contributed by atoms with Gasteiger partial charge in [0.05, 0.1) is 0 Å². The molecule has 0 spiro atoms. The Kier molecular flexibility index (Phi) is 5.26. The average molecular weight is 274 g/mol. The predicted molar refractivity (Wildman–Crippen MR) is 65.4 cm³/mol. The highest BCUT2D eigenvalue weighted by Gasteiger charge is 2.16. The molecular formula is C12H17BrFN. The zero-order valence-corrected chi connectivity index (χ0v) is 10.8. The van der Waals surface area contributed by atoms with Crippen molar-refractivity contribution in [3.63, 3.8) is 0 Å². The van der Waals surface area contributed by atoms with Gasteiger partial charge in [0.2, 0.25) is 0 Å². The first-order valence-electron chi connectivity index (χ1n) is 5.31. The molecule has 1 nitrogen and oxygen atoms in total. The van der Waals surface area contributed by atoms with Crippen molar-refractivity contribution in [3.8, 4) is 0 Å². The van der Waals surface area contributed by atoms with Crippen molar-refractivity contribution < 1.29 is 4.39 Å². The summed E-state index contributed by atoms with van der Waals surface area (Å²) in [7, 11) is 1.87. The van der Waals surface area contributed by atoms with Crippen molar-refractivity contribution in [1.82, 2.24) is 5.32 Å². The minimum absolute atomic E-state index is 0.0977. The molecular weight excluding hydrogens is 257 g/mol. The van der Waals surface area contributed by atoms with Crippen molar-refractivity contribution >= 4 is 15.9 Å². The van der Waals surface area contributed by atoms with E-state index >= 15 is 0 Å². The van der Waals surface area contributed by atoms with Gasteiger partial charge in [-0.3, -0.25) is 0 Å². The number of hydrogen-bond acceptors (Lipinski definition) is 1. The molecule has 15 heavy (non-hydrogen) atoms. The van der Waals surface area contributed by atoms with E-state index in [0.29, 0.717) is 0 Å². The Bertz CT molecular complexity index is 294. The lowest BCUT2D eigenvalue weighted by Crippen LogP contribution is -2.18. The van der Waals surface area contributed by atoms with E-state index in [0.717, 1.165) is 29.3 Å². The van der Waals surface area contributed by atoms with Gasteiger partial charge in [-0.05, 0) is 25.6 Å². The fourth-order valence-electron chi connectivity index (χ4n) is 1.68. The van der Waals surface area contributed by atoms with Gasteiger partial charge in [0.1, 0.15) is 5.82 Å². The van der Waals surface area contributed by atoms with Crippen molar-refractivity contribution in [2.24, 2.45) is 0 Å². The number of nitrogens with one attached hydrogen (secondary N) is 1. The first-order valence-corrected chi connectivity index (χ1v) is 6.11. The molecule has 0 aliphatic rings. The molecule has 0 radical (unpaired) electrons. The van der Waals surface area contributed by atoms with Crippen LogP contribution in [-0.4, -0.2) is 7.05 Å². The van der Waals surface area contributed by atoms with E-state index < -0.39 is 0 Å². The Balaban J connectivity index is 2.90. The monoisotopic (exact) mass is 273 g/mol. The Morgan fingerprint density at radius 1 is 1.47 bits per heavy atom. The second-order valence-corrected chi connectivity index (χ2v) is 4.47. The van der Waals surface area contributed by atoms with E-state index in [2.05, 4.69) is 28.2 Å². The molecule has 3 heteroatoms. The molecule has 1 N–H and O–H groups in total. The first kappa shape index (κ1) is 12.7. The molecule has 84 valence electrons. The second kappa shape index (κ2) is 6.23. The van der Waals surface area contributed by atoms with E-state index in [4.69, 9.17) is 0 Å². The highest BCUT2D eigenvalue weighted by atomic mass is 79.9. The fraction of sp³-hybridized carbons (Fsp3) is 0.500. The summed E-state index contributed by atoms with van der Waals surface area (Å²) in [4.78, 5) is 0. The van der Waals surface area contributed by atoms with Crippen molar-refractivity contribution in [1.29, 1.82) is 0 Å². The van der Waals surface area contributed by atoms with Gasteiger partial charge in [0.25, 0.3) is 0 Å². The van der Waals surface area contributed by atoms with Crippen LogP contribution in [0.15, 0.2) is 22.7 Å². The second-order valence-electron chi connectivity index (χ2n) is 3.62. The fourth-order valence-corrected chi connectivity index (χ4v) is 2.30. The third-order valence-corrected chi connectivity index (χ3v) is 3.23. The zero-order valence-electron chi connectivity index (χ0n) is 9.19. The van der Waals surface area contributed by atoms with Crippen LogP contribution < -0.4 is 5.32 Å². The number of benzene rings is 1. The van der Waals surface area contributed by atoms with Crippen molar-refractivity contribution in [2.75, 3.05) is 7.05 Å². The molecule has 0 amide bonds. The molecule has 0 aliphatic carbocycles. The van der Waals surface area contributed by atoms with E-state index in [-0.39, 0.29) is 11.9 Å². The maximum Gasteiger partial charge on any atom is 0.129 e. The molecule has 1 atom stereocenters. The van der Waals surface area contributed by atoms with Crippen molar-refractivity contribution in [2.45, 2.75) is 32.2 Å². The van der Waals surface area contributed by atoms with Crippen LogP contribution >= 0.6 is 15.9 Å². The summed E-state index contributed by atoms with van der Waals surface area (Å²) in [5, 5.41) is 3.16. The Labute approximate surface area is 99.2 Å². The molecule has 0 saturated carbocycles. The van der Waals surface area contributed by atoms with Crippen LogP contribution in [0, 0.1) is 5.82 Å². The van der Waals surface area contributed by atoms with Crippen molar-refractivity contribution in [3.05, 3.63) is 34.1 Å². The van der Waals surface area contributed by atoms with Gasteiger partial charge in [-0.25, -0.2) is 4.39 Å². The van der Waals surface area contributed by atoms with Gasteiger partial charge < -0.3 is 5.32 Å². The van der Waals surface area contributed by atoms with Gasteiger partial charge in [-0.15, -0.1) is 0 Å². The molecule has 0 bridgehead atoms. The summed E-state index contributed by atoms with van der Waals surface area (Å²) in [6.45, 7) is 2.14. The predicted octanol–water partition coefficient (Wildman–Crippen LogP) is 4.04. The summed E-state index contributed by atoms with van der Waals surface area (Å²) >= 11 is 3.40. The number of unbranched alkanes of at least 4 members (excludes halogenated alkanes) is 1. The molecule has 1 unspecified atom stereocenters. The third kappa shape index (κ3) is 3.28. The van der Waals surface area contributed by atoms with Gasteiger partial charge >= 0.3 is 0 Å². The molecule has 1 aromatic rings. The lowest BCUT2D eigenvalue weighted by molar-refractivity contribution is 0.489. The summed E-state index contributed by atoms with van der Waals surface area (Å²) in [5.74, 6) is -0.139. The van der Waals surface area contributed by atoms with Gasteiger partial charge in [-0.1, -0.05) is 41.8 Å². The Morgan fingerprint density at radius 2 is 2.20 bits per heavy atom. The van der Waals surface area contributed by atoms with Crippen LogP contribution in [0.4, 0.5) is 4.39 Å². The van der Waals surface area contributed by atoms with E-state index in [1.807, 2.05) is 13.1 Å². The summed E-state index contributed by atoms with van der Waals surface area (Å²) in [6.07, 6.45) is 3.20. The Morgan fingerprint density at radius 3 is 2.73 bits per heavy atom. The third-order valence-electron chi connectivity index (χ3n) is 2.54. The SMILES string of the molecule is CCCCC(NC)c1c(F)cccc1Br. The van der Waals surface area contributed by atoms with E-state index in [9.17, 15) is 4.39 Å². The van der Waals surface area contributed by atoms with Gasteiger partial charge in [-0.2, -0.15) is 0 Å². The van der Waals surface area contributed by atoms with Crippen LogP contribution in [0.25, 0.3) is 0 Å². The maximum atomic E-state index is 13.6. The molecule has 0 aromatic heterocycles. The molecule has 0 fully saturated rings. The molecule has 1 rings (SSSR count). The number of rotatable bonds is 5. The lowest BCUT2D eigenvalue weighted by Gasteiger charge is -2.18. The number of hydrogen-bond donors (Lipinski definition) is 1. The Hall–Kier alpha value is -0.410. The quantitative estimate of drug-likeness (QED) is 0.854. The van der Waals surface area contributed by atoms with Gasteiger partial charge in [0.15, 0.2) is 0 Å². The molecule has 0 heterocycles. The highest BCUT2D eigenvalue weighted by Crippen LogP contribution is 2.29. The molecule has 0 aliphatic heterocycles. The standard InChI is InChI=1S/C12H17BrFN/c1-3-4-8-11(15-2)12-9(13)6-5-7-10(12)14/h5-7,11,15H,3-4,8H2,1-2H3. The maximum absolute atomic E-state index is 13.6. The van der Waals surface area contributed by atoms with Gasteiger partial charge in [0, 0.05) is 16.1 Å². The van der Waals surface area contributed by atoms with Crippen LogP contribution in [0.5, 0.6) is 0 Å². The van der Waals surface area contributed by atoms with Crippen LogP contribution in [0.2, 0.25) is 0 Å². The molecule has 1 aromatic carbocycles. The highest BCUT2D eigenvalue weighted by molar-refractivity contribution is 9.10.